The summed E-state index contributed by atoms with van der Waals surface area (Å²) in [6, 6.07) is 11.4. The van der Waals surface area contributed by atoms with Gasteiger partial charge >= 0.3 is 5.97 Å². The van der Waals surface area contributed by atoms with Gasteiger partial charge in [-0.15, -0.1) is 11.3 Å². The number of halogens is 1. The standard InChI is InChI=1S/C16H10ClNO3S3/c17-10-3-1-9(2-4-10)12-6-5-11(23-12)7-13-15(21)18(8-14(19)20)16(22)24-13/h1-7H,8H2,(H,19,20)/b13-7-. The van der Waals surface area contributed by atoms with E-state index < -0.39 is 12.5 Å². The molecule has 0 unspecified atom stereocenters. The summed E-state index contributed by atoms with van der Waals surface area (Å²) in [4.78, 5) is 26.5. The molecule has 2 aromatic rings. The summed E-state index contributed by atoms with van der Waals surface area (Å²) in [6.07, 6.45) is 1.74. The minimum Gasteiger partial charge on any atom is -0.480 e. The van der Waals surface area contributed by atoms with Crippen LogP contribution in [0.2, 0.25) is 5.02 Å². The van der Waals surface area contributed by atoms with Crippen molar-refractivity contribution in [2.24, 2.45) is 0 Å². The zero-order valence-corrected chi connectivity index (χ0v) is 15.3. The summed E-state index contributed by atoms with van der Waals surface area (Å²) in [5.74, 6) is -1.46. The number of aliphatic carboxylic acids is 1. The Balaban J connectivity index is 1.82. The minimum absolute atomic E-state index is 0.267. The average molecular weight is 396 g/mol. The molecule has 1 aliphatic heterocycles. The Bertz CT molecular complexity index is 858. The lowest BCUT2D eigenvalue weighted by atomic mass is 10.2. The van der Waals surface area contributed by atoms with Crippen LogP contribution in [0.3, 0.4) is 0 Å². The number of carboxylic acid groups (broad SMARTS) is 1. The largest absolute Gasteiger partial charge is 0.480 e. The highest BCUT2D eigenvalue weighted by atomic mass is 35.5. The van der Waals surface area contributed by atoms with Gasteiger partial charge in [0.05, 0.1) is 4.91 Å². The smallest absolute Gasteiger partial charge is 0.323 e. The summed E-state index contributed by atoms with van der Waals surface area (Å²) in [6.45, 7) is -0.414. The van der Waals surface area contributed by atoms with Crippen LogP contribution in [0, 0.1) is 0 Å². The van der Waals surface area contributed by atoms with E-state index in [0.29, 0.717) is 9.93 Å². The molecule has 24 heavy (non-hydrogen) atoms. The highest BCUT2D eigenvalue weighted by Gasteiger charge is 2.33. The van der Waals surface area contributed by atoms with Crippen molar-refractivity contribution in [3.8, 4) is 10.4 Å². The van der Waals surface area contributed by atoms with Gasteiger partial charge in [0, 0.05) is 14.8 Å². The van der Waals surface area contributed by atoms with Crippen molar-refractivity contribution in [1.29, 1.82) is 0 Å². The van der Waals surface area contributed by atoms with Crippen molar-refractivity contribution in [1.82, 2.24) is 4.90 Å². The molecule has 3 rings (SSSR count). The third-order valence-corrected chi connectivity index (χ3v) is 5.91. The SMILES string of the molecule is O=C(O)CN1C(=O)/C(=C/c2ccc(-c3ccc(Cl)cc3)s2)SC1=S. The van der Waals surface area contributed by atoms with Gasteiger partial charge in [0.2, 0.25) is 0 Å². The minimum atomic E-state index is -1.09. The first kappa shape index (κ1) is 17.2. The fraction of sp³-hybridized carbons (Fsp3) is 0.0625. The first-order valence-corrected chi connectivity index (χ1v) is 9.19. The summed E-state index contributed by atoms with van der Waals surface area (Å²) in [7, 11) is 0. The lowest BCUT2D eigenvalue weighted by Gasteiger charge is -2.09. The molecule has 0 saturated carbocycles. The van der Waals surface area contributed by atoms with E-state index in [1.54, 1.807) is 6.08 Å². The molecule has 1 N–H and O–H groups in total. The van der Waals surface area contributed by atoms with Crippen molar-refractivity contribution < 1.29 is 14.7 Å². The Labute approximate surface area is 156 Å². The first-order chi connectivity index (χ1) is 11.4. The van der Waals surface area contributed by atoms with E-state index >= 15 is 0 Å². The highest BCUT2D eigenvalue weighted by molar-refractivity contribution is 8.26. The van der Waals surface area contributed by atoms with E-state index in [4.69, 9.17) is 28.9 Å². The van der Waals surface area contributed by atoms with Crippen LogP contribution in [0.5, 0.6) is 0 Å². The van der Waals surface area contributed by atoms with Crippen LogP contribution < -0.4 is 0 Å². The number of benzene rings is 1. The zero-order valence-electron chi connectivity index (χ0n) is 12.1. The summed E-state index contributed by atoms with van der Waals surface area (Å²) < 4.78 is 0.267. The number of hydrogen-bond acceptors (Lipinski definition) is 5. The number of thiophene rings is 1. The third-order valence-electron chi connectivity index (χ3n) is 3.20. The van der Waals surface area contributed by atoms with E-state index in [9.17, 15) is 9.59 Å². The van der Waals surface area contributed by atoms with Gasteiger partial charge in [-0.05, 0) is 35.9 Å². The molecule has 1 fully saturated rings. The van der Waals surface area contributed by atoms with Gasteiger partial charge in [-0.25, -0.2) is 0 Å². The number of carboxylic acids is 1. The fourth-order valence-electron chi connectivity index (χ4n) is 2.10. The van der Waals surface area contributed by atoms with Gasteiger partial charge in [0.1, 0.15) is 10.9 Å². The van der Waals surface area contributed by atoms with Gasteiger partial charge in [0.25, 0.3) is 5.91 Å². The number of hydrogen-bond donors (Lipinski definition) is 1. The molecule has 1 aliphatic rings. The Hall–Kier alpha value is -1.67. The highest BCUT2D eigenvalue weighted by Crippen LogP contribution is 2.35. The van der Waals surface area contributed by atoms with Crippen LogP contribution in [0.4, 0.5) is 0 Å². The lowest BCUT2D eigenvalue weighted by molar-refractivity contribution is -0.140. The Morgan fingerprint density at radius 3 is 2.62 bits per heavy atom. The molecular formula is C16H10ClNO3S3. The van der Waals surface area contributed by atoms with Crippen LogP contribution >= 0.6 is 46.9 Å². The number of rotatable bonds is 4. The van der Waals surface area contributed by atoms with E-state index in [2.05, 4.69) is 0 Å². The quantitative estimate of drug-likeness (QED) is 0.616. The molecule has 122 valence electrons. The van der Waals surface area contributed by atoms with Crippen LogP contribution in [-0.4, -0.2) is 32.7 Å². The fourth-order valence-corrected chi connectivity index (χ4v) is 4.50. The van der Waals surface area contributed by atoms with Gasteiger partial charge in [0.15, 0.2) is 0 Å². The molecule has 0 radical (unpaired) electrons. The van der Waals surface area contributed by atoms with Gasteiger partial charge < -0.3 is 5.11 Å². The monoisotopic (exact) mass is 395 g/mol. The average Bonchev–Trinajstić information content (AvgIpc) is 3.09. The predicted molar refractivity (Wildman–Crippen MR) is 102 cm³/mol. The first-order valence-electron chi connectivity index (χ1n) is 6.77. The van der Waals surface area contributed by atoms with E-state index in [-0.39, 0.29) is 10.2 Å². The van der Waals surface area contributed by atoms with Gasteiger partial charge in [-0.3, -0.25) is 14.5 Å². The van der Waals surface area contributed by atoms with E-state index in [0.717, 1.165) is 32.0 Å². The molecule has 2 heterocycles. The number of carbonyl (C=O) groups is 2. The van der Waals surface area contributed by atoms with Crippen molar-refractivity contribution in [2.75, 3.05) is 6.54 Å². The molecule has 8 heteroatoms. The number of carbonyl (C=O) groups excluding carboxylic acids is 1. The maximum absolute atomic E-state index is 12.2. The number of thioether (sulfide) groups is 1. The van der Waals surface area contributed by atoms with Crippen molar-refractivity contribution >= 4 is 69.2 Å². The molecule has 0 bridgehead atoms. The van der Waals surface area contributed by atoms with Crippen LogP contribution in [0.1, 0.15) is 4.88 Å². The molecule has 1 saturated heterocycles. The molecule has 0 spiro atoms. The van der Waals surface area contributed by atoms with E-state index in [1.807, 2.05) is 36.4 Å². The normalized spacial score (nSPS) is 16.2. The Kier molecular flexibility index (Phi) is 5.05. The Morgan fingerprint density at radius 1 is 1.25 bits per heavy atom. The molecule has 1 amide bonds. The summed E-state index contributed by atoms with van der Waals surface area (Å²) in [5, 5.41) is 9.52. The predicted octanol–water partition coefficient (Wildman–Crippen LogP) is 4.35. The molecule has 4 nitrogen and oxygen atoms in total. The molecule has 1 aromatic heterocycles. The topological polar surface area (TPSA) is 57.6 Å². The van der Waals surface area contributed by atoms with Crippen LogP contribution in [0.25, 0.3) is 16.5 Å². The number of thiocarbonyl (C=S) groups is 1. The van der Waals surface area contributed by atoms with Crippen LogP contribution in [0.15, 0.2) is 41.3 Å². The number of amides is 1. The second-order valence-electron chi connectivity index (χ2n) is 4.87. The second-order valence-corrected chi connectivity index (χ2v) is 8.10. The van der Waals surface area contributed by atoms with Crippen LogP contribution in [-0.2, 0) is 9.59 Å². The third kappa shape index (κ3) is 3.70. The maximum atomic E-state index is 12.2. The molecule has 0 aliphatic carbocycles. The van der Waals surface area contributed by atoms with Gasteiger partial charge in [-0.1, -0.05) is 47.7 Å². The lowest BCUT2D eigenvalue weighted by Crippen LogP contribution is -2.33. The molecular weight excluding hydrogens is 386 g/mol. The van der Waals surface area contributed by atoms with E-state index in [1.165, 1.54) is 11.3 Å². The van der Waals surface area contributed by atoms with Crippen molar-refractivity contribution in [3.63, 3.8) is 0 Å². The summed E-state index contributed by atoms with van der Waals surface area (Å²) in [5.41, 5.74) is 1.04. The molecule has 0 atom stereocenters. The van der Waals surface area contributed by atoms with Crippen molar-refractivity contribution in [3.05, 3.63) is 51.2 Å². The summed E-state index contributed by atoms with van der Waals surface area (Å²) >= 11 is 13.6. The molecule has 1 aromatic carbocycles. The van der Waals surface area contributed by atoms with Gasteiger partial charge in [-0.2, -0.15) is 0 Å². The zero-order chi connectivity index (χ0) is 17.3. The van der Waals surface area contributed by atoms with Crippen molar-refractivity contribution in [2.45, 2.75) is 0 Å². The number of nitrogens with zero attached hydrogens (tertiary/aromatic N) is 1. The maximum Gasteiger partial charge on any atom is 0.323 e. The second kappa shape index (κ2) is 7.06. The Morgan fingerprint density at radius 2 is 1.96 bits per heavy atom.